The topological polar surface area (TPSA) is 46.0 Å². The summed E-state index contributed by atoms with van der Waals surface area (Å²) in [6.45, 7) is 6.07. The van der Waals surface area contributed by atoms with Gasteiger partial charge in [0.25, 0.3) is 0 Å². The summed E-state index contributed by atoms with van der Waals surface area (Å²) in [5.41, 5.74) is 0. The summed E-state index contributed by atoms with van der Waals surface area (Å²) in [6.07, 6.45) is 5.88. The molecule has 1 aliphatic rings. The van der Waals surface area contributed by atoms with Crippen LogP contribution >= 0.6 is 23.7 Å². The molecule has 0 saturated carbocycles. The molecule has 0 spiro atoms. The Morgan fingerprint density at radius 2 is 2.30 bits per heavy atom. The van der Waals surface area contributed by atoms with Crippen molar-refractivity contribution in [2.24, 2.45) is 7.05 Å². The minimum atomic E-state index is 0. The zero-order valence-corrected chi connectivity index (χ0v) is 13.4. The van der Waals surface area contributed by atoms with Crippen LogP contribution in [0, 0.1) is 6.92 Å². The van der Waals surface area contributed by atoms with Crippen LogP contribution in [0.15, 0.2) is 18.6 Å². The Bertz CT molecular complexity index is 552. The summed E-state index contributed by atoms with van der Waals surface area (Å²) in [5.74, 6) is 1.13. The number of thiazole rings is 1. The molecule has 1 aliphatic heterocycles. The summed E-state index contributed by atoms with van der Waals surface area (Å²) in [5, 5.41) is 4.60. The summed E-state index contributed by atoms with van der Waals surface area (Å²) in [4.78, 5) is 12.7. The lowest BCUT2D eigenvalue weighted by molar-refractivity contribution is 0.146. The maximum absolute atomic E-state index is 4.51. The number of nitrogens with one attached hydrogen (secondary N) is 1. The van der Waals surface area contributed by atoms with Gasteiger partial charge in [-0.2, -0.15) is 0 Å². The Morgan fingerprint density at radius 1 is 1.45 bits per heavy atom. The lowest BCUT2D eigenvalue weighted by Crippen LogP contribution is -2.46. The maximum atomic E-state index is 4.51. The standard InChI is InChI=1S/C13H19N5S.ClH/c1-10-16-7-11(19-10)9-18-6-3-14-8-12(18)13-15-4-5-17(13)2;/h4-5,7,12,14H,3,6,8-9H2,1-2H3;1H. The molecule has 2 aromatic rings. The fourth-order valence-corrected chi connectivity index (χ4v) is 3.39. The zero-order valence-electron chi connectivity index (χ0n) is 11.7. The Hall–Kier alpha value is -0.950. The van der Waals surface area contributed by atoms with Gasteiger partial charge in [0, 0.05) is 56.7 Å². The highest BCUT2D eigenvalue weighted by Gasteiger charge is 2.26. The number of aromatic nitrogens is 3. The Kier molecular flexibility index (Phi) is 5.15. The van der Waals surface area contributed by atoms with Crippen molar-refractivity contribution in [3.8, 4) is 0 Å². The summed E-state index contributed by atoms with van der Waals surface area (Å²) in [6, 6.07) is 0.344. The molecule has 0 bridgehead atoms. The largest absolute Gasteiger partial charge is 0.337 e. The van der Waals surface area contributed by atoms with Gasteiger partial charge in [-0.15, -0.1) is 23.7 Å². The van der Waals surface area contributed by atoms with E-state index in [4.69, 9.17) is 0 Å². The first-order valence-electron chi connectivity index (χ1n) is 6.57. The summed E-state index contributed by atoms with van der Waals surface area (Å²) in [7, 11) is 2.06. The van der Waals surface area contributed by atoms with Gasteiger partial charge in [0.15, 0.2) is 0 Å². The third-order valence-corrected chi connectivity index (χ3v) is 4.44. The monoisotopic (exact) mass is 313 g/mol. The maximum Gasteiger partial charge on any atom is 0.127 e. The molecule has 1 atom stereocenters. The van der Waals surface area contributed by atoms with E-state index in [2.05, 4.69) is 38.7 Å². The van der Waals surface area contributed by atoms with Crippen LogP contribution in [0.3, 0.4) is 0 Å². The van der Waals surface area contributed by atoms with E-state index in [0.717, 1.165) is 37.0 Å². The van der Waals surface area contributed by atoms with Crippen LogP contribution in [-0.4, -0.2) is 39.1 Å². The van der Waals surface area contributed by atoms with Gasteiger partial charge in [-0.3, -0.25) is 4.90 Å². The van der Waals surface area contributed by atoms with E-state index in [-0.39, 0.29) is 12.4 Å². The first kappa shape index (κ1) is 15.4. The van der Waals surface area contributed by atoms with E-state index in [1.165, 1.54) is 4.88 Å². The average Bonchev–Trinajstić information content (AvgIpc) is 2.99. The second kappa shape index (κ2) is 6.67. The predicted molar refractivity (Wildman–Crippen MR) is 83.3 cm³/mol. The Labute approximate surface area is 129 Å². The molecular formula is C13H20ClN5S. The normalized spacial score (nSPS) is 19.8. The number of nitrogens with zero attached hydrogens (tertiary/aromatic N) is 4. The molecule has 5 nitrogen and oxygen atoms in total. The molecule has 1 saturated heterocycles. The smallest absolute Gasteiger partial charge is 0.127 e. The van der Waals surface area contributed by atoms with Crippen molar-refractivity contribution in [2.75, 3.05) is 19.6 Å². The minimum absolute atomic E-state index is 0. The van der Waals surface area contributed by atoms with Gasteiger partial charge < -0.3 is 9.88 Å². The lowest BCUT2D eigenvalue weighted by Gasteiger charge is -2.35. The van der Waals surface area contributed by atoms with Crippen LogP contribution < -0.4 is 5.32 Å². The highest BCUT2D eigenvalue weighted by Crippen LogP contribution is 2.24. The lowest BCUT2D eigenvalue weighted by atomic mass is 10.1. The fraction of sp³-hybridized carbons (Fsp3) is 0.538. The molecule has 110 valence electrons. The molecule has 7 heteroatoms. The zero-order chi connectivity index (χ0) is 13.2. The van der Waals surface area contributed by atoms with E-state index in [9.17, 15) is 0 Å². The van der Waals surface area contributed by atoms with E-state index >= 15 is 0 Å². The third kappa shape index (κ3) is 3.20. The van der Waals surface area contributed by atoms with Gasteiger partial charge in [0.2, 0.25) is 0 Å². The van der Waals surface area contributed by atoms with E-state index in [1.807, 2.05) is 18.6 Å². The molecule has 1 unspecified atom stereocenters. The number of hydrogen-bond acceptors (Lipinski definition) is 5. The molecule has 0 aliphatic carbocycles. The molecule has 1 N–H and O–H groups in total. The van der Waals surface area contributed by atoms with Crippen molar-refractivity contribution >= 4 is 23.7 Å². The van der Waals surface area contributed by atoms with Gasteiger partial charge in [0.1, 0.15) is 5.82 Å². The minimum Gasteiger partial charge on any atom is -0.337 e. The number of imidazole rings is 1. The number of piperazine rings is 1. The van der Waals surface area contributed by atoms with E-state index < -0.39 is 0 Å². The third-order valence-electron chi connectivity index (χ3n) is 3.54. The van der Waals surface area contributed by atoms with Gasteiger partial charge in [0.05, 0.1) is 11.0 Å². The number of halogens is 1. The molecular weight excluding hydrogens is 294 g/mol. The second-order valence-electron chi connectivity index (χ2n) is 4.93. The van der Waals surface area contributed by atoms with Crippen LogP contribution in [0.5, 0.6) is 0 Å². The molecule has 3 heterocycles. The van der Waals surface area contributed by atoms with Crippen molar-refractivity contribution in [1.82, 2.24) is 24.8 Å². The van der Waals surface area contributed by atoms with Gasteiger partial charge in [-0.25, -0.2) is 9.97 Å². The van der Waals surface area contributed by atoms with Crippen LogP contribution in [-0.2, 0) is 13.6 Å². The molecule has 2 aromatic heterocycles. The highest BCUT2D eigenvalue weighted by molar-refractivity contribution is 7.11. The first-order valence-corrected chi connectivity index (χ1v) is 7.39. The summed E-state index contributed by atoms with van der Waals surface area (Å²) >= 11 is 1.78. The van der Waals surface area contributed by atoms with Crippen molar-refractivity contribution in [3.63, 3.8) is 0 Å². The number of aryl methyl sites for hydroxylation is 2. The Morgan fingerprint density at radius 3 is 2.95 bits per heavy atom. The quantitative estimate of drug-likeness (QED) is 0.938. The highest BCUT2D eigenvalue weighted by atomic mass is 35.5. The van der Waals surface area contributed by atoms with Gasteiger partial charge >= 0.3 is 0 Å². The second-order valence-corrected chi connectivity index (χ2v) is 6.25. The van der Waals surface area contributed by atoms with Crippen LogP contribution in [0.4, 0.5) is 0 Å². The van der Waals surface area contributed by atoms with Gasteiger partial charge in [-0.1, -0.05) is 0 Å². The molecule has 3 rings (SSSR count). The SMILES string of the molecule is Cc1ncc(CN2CCNCC2c2nccn2C)s1.Cl. The van der Waals surface area contributed by atoms with Crippen LogP contribution in [0.2, 0.25) is 0 Å². The van der Waals surface area contributed by atoms with Crippen LogP contribution in [0.25, 0.3) is 0 Å². The molecule has 0 amide bonds. The predicted octanol–water partition coefficient (Wildman–Crippen LogP) is 1.75. The van der Waals surface area contributed by atoms with Crippen molar-refractivity contribution in [2.45, 2.75) is 19.5 Å². The fourth-order valence-electron chi connectivity index (χ4n) is 2.57. The molecule has 0 radical (unpaired) electrons. The average molecular weight is 314 g/mol. The summed E-state index contributed by atoms with van der Waals surface area (Å²) < 4.78 is 2.11. The van der Waals surface area contributed by atoms with E-state index in [0.29, 0.717) is 6.04 Å². The van der Waals surface area contributed by atoms with Crippen molar-refractivity contribution in [1.29, 1.82) is 0 Å². The van der Waals surface area contributed by atoms with E-state index in [1.54, 1.807) is 11.3 Å². The van der Waals surface area contributed by atoms with Gasteiger partial charge in [-0.05, 0) is 6.92 Å². The van der Waals surface area contributed by atoms with Crippen molar-refractivity contribution in [3.05, 3.63) is 34.3 Å². The molecule has 0 aromatic carbocycles. The Balaban J connectivity index is 0.00000147. The van der Waals surface area contributed by atoms with Crippen LogP contribution in [0.1, 0.15) is 21.8 Å². The number of rotatable bonds is 3. The number of hydrogen-bond donors (Lipinski definition) is 1. The first-order chi connectivity index (χ1) is 9.24. The molecule has 1 fully saturated rings. The molecule has 20 heavy (non-hydrogen) atoms. The van der Waals surface area contributed by atoms with Crippen molar-refractivity contribution < 1.29 is 0 Å².